The second-order valence-electron chi connectivity index (χ2n) is 14.1. The van der Waals surface area contributed by atoms with Crippen molar-refractivity contribution in [3.8, 4) is 5.75 Å². The molecule has 1 aromatic carbocycles. The van der Waals surface area contributed by atoms with E-state index < -0.39 is 18.7 Å². The second kappa shape index (κ2) is 11.4. The summed E-state index contributed by atoms with van der Waals surface area (Å²) >= 11 is 0. The number of Topliss-reactive ketones (excluding diaryl/α,β-unsaturated/α-hetero) is 1. The van der Waals surface area contributed by atoms with Crippen LogP contribution in [0.2, 0.25) is 5.82 Å². The quantitative estimate of drug-likeness (QED) is 0.254. The van der Waals surface area contributed by atoms with E-state index in [0.29, 0.717) is 42.5 Å². The van der Waals surface area contributed by atoms with Gasteiger partial charge in [0.15, 0.2) is 0 Å². The Hall–Kier alpha value is -2.72. The summed E-state index contributed by atoms with van der Waals surface area (Å²) in [6.07, 6.45) is 5.90. The van der Waals surface area contributed by atoms with Crippen LogP contribution in [0, 0.1) is 17.3 Å². The number of carbonyl (C=O) groups is 2. The molecule has 6 rings (SSSR count). The largest absolute Gasteiger partial charge is 0.496 e. The second-order valence-corrected chi connectivity index (χ2v) is 14.1. The van der Waals surface area contributed by atoms with E-state index in [2.05, 4.69) is 31.1 Å². The minimum atomic E-state index is -0.638. The van der Waals surface area contributed by atoms with E-state index in [1.165, 1.54) is 0 Å². The minimum Gasteiger partial charge on any atom is -0.496 e. The number of aryl methyl sites for hydroxylation is 2. The fourth-order valence-electron chi connectivity index (χ4n) is 7.37. The molecule has 4 aliphatic rings. The number of ketones is 1. The Bertz CT molecular complexity index is 1320. The van der Waals surface area contributed by atoms with Crippen LogP contribution in [-0.4, -0.2) is 58.3 Å². The van der Waals surface area contributed by atoms with Crippen molar-refractivity contribution in [2.45, 2.75) is 117 Å². The first-order valence-corrected chi connectivity index (χ1v) is 15.4. The van der Waals surface area contributed by atoms with Crippen LogP contribution in [0.5, 0.6) is 5.75 Å². The third kappa shape index (κ3) is 5.89. The Balaban J connectivity index is 1.38. The fraction of sp³-hybridized carbons (Fsp3) is 0.688. The number of aromatic nitrogens is 3. The lowest BCUT2D eigenvalue weighted by Gasteiger charge is -2.64. The summed E-state index contributed by atoms with van der Waals surface area (Å²) in [5.41, 5.74) is 1.28. The number of nitrogens with zero attached hydrogens (tertiary/aromatic N) is 3. The van der Waals surface area contributed by atoms with Crippen LogP contribution >= 0.6 is 0 Å². The molecule has 2 aromatic rings. The zero-order chi connectivity index (χ0) is 30.4. The number of benzene rings is 1. The van der Waals surface area contributed by atoms with Gasteiger partial charge in [0.05, 0.1) is 24.5 Å². The van der Waals surface area contributed by atoms with Crippen LogP contribution in [0.25, 0.3) is 0 Å². The molecule has 5 atom stereocenters. The van der Waals surface area contributed by atoms with Crippen molar-refractivity contribution >= 4 is 18.9 Å². The van der Waals surface area contributed by atoms with E-state index in [9.17, 15) is 9.59 Å². The van der Waals surface area contributed by atoms with E-state index in [4.69, 9.17) is 18.8 Å². The Labute approximate surface area is 250 Å². The van der Waals surface area contributed by atoms with Crippen LogP contribution in [0.1, 0.15) is 95.8 Å². The van der Waals surface area contributed by atoms with Crippen LogP contribution in [-0.2, 0) is 38.2 Å². The number of hydrogen-bond acceptors (Lipinski definition) is 8. The summed E-state index contributed by atoms with van der Waals surface area (Å²) in [5, 5.41) is 8.28. The fourth-order valence-corrected chi connectivity index (χ4v) is 7.37. The van der Waals surface area contributed by atoms with Gasteiger partial charge in [-0.1, -0.05) is 38.1 Å². The number of para-hydroxylation sites is 1. The Morgan fingerprint density at radius 2 is 1.98 bits per heavy atom. The molecule has 4 fully saturated rings. The van der Waals surface area contributed by atoms with Crippen molar-refractivity contribution in [3.05, 3.63) is 41.2 Å². The highest BCUT2D eigenvalue weighted by Gasteiger charge is 2.68. The molecule has 228 valence electrons. The molecular weight excluding hydrogens is 533 g/mol. The summed E-state index contributed by atoms with van der Waals surface area (Å²) in [5.74, 6) is 0.910. The summed E-state index contributed by atoms with van der Waals surface area (Å²) in [7, 11) is 1.02. The Morgan fingerprint density at radius 3 is 2.62 bits per heavy atom. The molecule has 2 heterocycles. The van der Waals surface area contributed by atoms with Gasteiger partial charge in [-0.3, -0.25) is 9.48 Å². The molecule has 0 amide bonds. The van der Waals surface area contributed by atoms with Crippen molar-refractivity contribution in [1.82, 2.24) is 15.0 Å². The molecule has 0 spiro atoms. The number of esters is 1. The lowest BCUT2D eigenvalue weighted by molar-refractivity contribution is -0.199. The highest BCUT2D eigenvalue weighted by atomic mass is 16.7. The van der Waals surface area contributed by atoms with E-state index >= 15 is 0 Å². The molecule has 1 saturated heterocycles. The molecule has 3 saturated carbocycles. The van der Waals surface area contributed by atoms with Gasteiger partial charge in [-0.15, -0.1) is 5.10 Å². The van der Waals surface area contributed by atoms with Crippen molar-refractivity contribution < 1.29 is 28.4 Å². The molecular formula is C32H46BN3O6. The monoisotopic (exact) mass is 579 g/mol. The number of ether oxygens (including phenoxy) is 2. The summed E-state index contributed by atoms with van der Waals surface area (Å²) in [4.78, 5) is 26.5. The minimum absolute atomic E-state index is 0.00878. The molecule has 1 aliphatic heterocycles. The first-order valence-electron chi connectivity index (χ1n) is 15.4. The smallest absolute Gasteiger partial charge is 0.461 e. The van der Waals surface area contributed by atoms with Gasteiger partial charge in [-0.2, -0.15) is 0 Å². The zero-order valence-electron chi connectivity index (χ0n) is 26.4. The standard InChI is InChI=1S/C32H46BN3O6/c1-9-23-19-36(35-34-23)14-13-24(37)18-22(33-41-27-17-21-16-26(31(21,5)6)32(27,7)42-33)15-20-11-10-12-25(28(20)39-8)29(38)40-30(2,3)4/h10-12,19,21-22,26-27H,9,13-18H2,1-8H3/t21-,22+,26-,27+,32-/m0/s1. The number of rotatable bonds is 11. The maximum absolute atomic E-state index is 13.4. The average Bonchev–Trinajstić information content (AvgIpc) is 3.53. The zero-order valence-corrected chi connectivity index (χ0v) is 26.4. The average molecular weight is 580 g/mol. The maximum atomic E-state index is 13.4. The molecule has 3 aliphatic carbocycles. The highest BCUT2D eigenvalue weighted by molar-refractivity contribution is 6.48. The molecule has 0 N–H and O–H groups in total. The van der Waals surface area contributed by atoms with Crippen LogP contribution < -0.4 is 4.74 Å². The van der Waals surface area contributed by atoms with Gasteiger partial charge in [0.25, 0.3) is 0 Å². The van der Waals surface area contributed by atoms with Crippen LogP contribution in [0.15, 0.2) is 24.4 Å². The summed E-state index contributed by atoms with van der Waals surface area (Å²) in [6.45, 7) is 14.9. The topological polar surface area (TPSA) is 102 Å². The lowest BCUT2D eigenvalue weighted by Crippen LogP contribution is -2.65. The van der Waals surface area contributed by atoms with Gasteiger partial charge in [0, 0.05) is 31.4 Å². The van der Waals surface area contributed by atoms with E-state index in [1.807, 2.05) is 46.0 Å². The predicted octanol–water partition coefficient (Wildman–Crippen LogP) is 5.49. The highest BCUT2D eigenvalue weighted by Crippen LogP contribution is 2.66. The SMILES string of the molecule is CCc1cn(CCC(=O)C[C@@H](Cc2cccc(C(=O)OC(C)(C)C)c2OC)B2O[C@@H]3C[C@@H]4C[C@@H](C4(C)C)[C@]3(C)O2)nn1. The third-order valence-corrected chi connectivity index (χ3v) is 9.81. The van der Waals surface area contributed by atoms with Gasteiger partial charge in [0.2, 0.25) is 0 Å². The van der Waals surface area contributed by atoms with Gasteiger partial charge < -0.3 is 18.8 Å². The summed E-state index contributed by atoms with van der Waals surface area (Å²) in [6, 6.07) is 5.49. The molecule has 10 heteroatoms. The lowest BCUT2D eigenvalue weighted by atomic mass is 9.43. The molecule has 1 aromatic heterocycles. The van der Waals surface area contributed by atoms with Crippen LogP contribution in [0.4, 0.5) is 0 Å². The third-order valence-electron chi connectivity index (χ3n) is 9.81. The molecule has 0 radical (unpaired) electrons. The van der Waals surface area contributed by atoms with Gasteiger partial charge in [-0.05, 0) is 82.3 Å². The summed E-state index contributed by atoms with van der Waals surface area (Å²) < 4.78 is 26.7. The van der Waals surface area contributed by atoms with Crippen molar-refractivity contribution in [2.75, 3.05) is 7.11 Å². The van der Waals surface area contributed by atoms with E-state index in [0.717, 1.165) is 30.5 Å². The Kier molecular flexibility index (Phi) is 8.35. The normalized spacial score (nSPS) is 26.8. The van der Waals surface area contributed by atoms with Crippen molar-refractivity contribution in [3.63, 3.8) is 0 Å². The first kappa shape index (κ1) is 30.7. The number of carbonyl (C=O) groups excluding carboxylic acids is 2. The molecule has 0 unspecified atom stereocenters. The van der Waals surface area contributed by atoms with E-state index in [-0.39, 0.29) is 35.1 Å². The van der Waals surface area contributed by atoms with E-state index in [1.54, 1.807) is 17.9 Å². The van der Waals surface area contributed by atoms with Crippen LogP contribution in [0.3, 0.4) is 0 Å². The predicted molar refractivity (Wildman–Crippen MR) is 159 cm³/mol. The van der Waals surface area contributed by atoms with Crippen molar-refractivity contribution in [1.29, 1.82) is 0 Å². The molecule has 2 bridgehead atoms. The molecule has 9 nitrogen and oxygen atoms in total. The number of methoxy groups -OCH3 is 1. The van der Waals surface area contributed by atoms with Gasteiger partial charge >= 0.3 is 13.1 Å². The van der Waals surface area contributed by atoms with Gasteiger partial charge in [-0.25, -0.2) is 4.79 Å². The first-order chi connectivity index (χ1) is 19.7. The maximum Gasteiger partial charge on any atom is 0.461 e. The van der Waals surface area contributed by atoms with Gasteiger partial charge in [0.1, 0.15) is 22.7 Å². The number of hydrogen-bond donors (Lipinski definition) is 0. The van der Waals surface area contributed by atoms with Crippen molar-refractivity contribution in [2.24, 2.45) is 17.3 Å². The molecule has 42 heavy (non-hydrogen) atoms. The Morgan fingerprint density at radius 1 is 1.21 bits per heavy atom.